The third-order valence-electron chi connectivity index (χ3n) is 3.01. The van der Waals surface area contributed by atoms with Crippen molar-refractivity contribution in [1.82, 2.24) is 9.97 Å². The molecule has 0 bridgehead atoms. The number of aryl methyl sites for hydroxylation is 1. The Morgan fingerprint density at radius 3 is 2.63 bits per heavy atom. The van der Waals surface area contributed by atoms with Crippen LogP contribution < -0.4 is 5.73 Å². The minimum absolute atomic E-state index is 0.282. The monoisotopic (exact) mass is 253 g/mol. The summed E-state index contributed by atoms with van der Waals surface area (Å²) in [6.07, 6.45) is 0. The van der Waals surface area contributed by atoms with E-state index in [0.29, 0.717) is 17.1 Å². The van der Waals surface area contributed by atoms with Gasteiger partial charge >= 0.3 is 0 Å². The van der Waals surface area contributed by atoms with Crippen molar-refractivity contribution in [2.75, 3.05) is 5.73 Å². The molecule has 0 saturated carbocycles. The Kier molecular flexibility index (Phi) is 2.63. The van der Waals surface area contributed by atoms with Crippen LogP contribution in [0.25, 0.3) is 22.3 Å². The zero-order valence-electron chi connectivity index (χ0n) is 10.4. The van der Waals surface area contributed by atoms with Crippen LogP contribution in [0.5, 0.6) is 0 Å². The lowest BCUT2D eigenvalue weighted by Crippen LogP contribution is -1.96. The van der Waals surface area contributed by atoms with Crippen LogP contribution in [0.2, 0.25) is 0 Å². The number of hydrogen-bond acceptors (Lipinski definition) is 3. The van der Waals surface area contributed by atoms with Gasteiger partial charge in [0.15, 0.2) is 0 Å². The Bertz CT molecular complexity index is 768. The highest BCUT2D eigenvalue weighted by atomic mass is 19.1. The van der Waals surface area contributed by atoms with Crippen molar-refractivity contribution in [3.8, 4) is 11.3 Å². The van der Waals surface area contributed by atoms with Crippen LogP contribution in [0.1, 0.15) is 5.56 Å². The third-order valence-corrected chi connectivity index (χ3v) is 3.01. The van der Waals surface area contributed by atoms with Crippen molar-refractivity contribution < 1.29 is 4.39 Å². The number of nitrogens with zero attached hydrogens (tertiary/aromatic N) is 2. The molecule has 94 valence electrons. The van der Waals surface area contributed by atoms with Gasteiger partial charge in [-0.05, 0) is 42.8 Å². The van der Waals surface area contributed by atoms with Crippen LogP contribution in [0.15, 0.2) is 42.5 Å². The van der Waals surface area contributed by atoms with Gasteiger partial charge in [-0.15, -0.1) is 0 Å². The first-order valence-electron chi connectivity index (χ1n) is 5.94. The summed E-state index contributed by atoms with van der Waals surface area (Å²) in [6, 6.07) is 11.9. The molecule has 0 saturated heterocycles. The fraction of sp³-hybridized carbons (Fsp3) is 0.0667. The molecule has 0 aliphatic carbocycles. The first kappa shape index (κ1) is 11.6. The van der Waals surface area contributed by atoms with Crippen LogP contribution in [-0.2, 0) is 0 Å². The number of aromatic nitrogens is 2. The highest BCUT2D eigenvalue weighted by molar-refractivity contribution is 5.82. The largest absolute Gasteiger partial charge is 0.384 e. The molecule has 3 aromatic rings. The summed E-state index contributed by atoms with van der Waals surface area (Å²) in [4.78, 5) is 8.70. The van der Waals surface area contributed by atoms with Crippen molar-refractivity contribution in [2.24, 2.45) is 0 Å². The molecule has 0 aliphatic heterocycles. The lowest BCUT2D eigenvalue weighted by Gasteiger charge is -2.06. The lowest BCUT2D eigenvalue weighted by molar-refractivity contribution is 0.631. The molecule has 0 fully saturated rings. The maximum atomic E-state index is 13.8. The fourth-order valence-electron chi connectivity index (χ4n) is 2.11. The number of benzene rings is 1. The Balaban J connectivity index is 2.25. The second-order valence-electron chi connectivity index (χ2n) is 4.41. The highest BCUT2D eigenvalue weighted by Crippen LogP contribution is 2.24. The van der Waals surface area contributed by atoms with Crippen LogP contribution in [0, 0.1) is 12.7 Å². The number of fused-ring (bicyclic) bond motifs is 1. The van der Waals surface area contributed by atoms with Crippen molar-refractivity contribution in [2.45, 2.75) is 6.92 Å². The SMILES string of the molecule is Cc1cc(N)nc2ccc(-c3ccccc3F)nc12. The average Bonchev–Trinajstić information content (AvgIpc) is 2.39. The van der Waals surface area contributed by atoms with E-state index in [4.69, 9.17) is 5.73 Å². The number of nitrogen functional groups attached to an aromatic ring is 1. The van der Waals surface area contributed by atoms with E-state index in [9.17, 15) is 4.39 Å². The van der Waals surface area contributed by atoms with E-state index in [1.165, 1.54) is 6.07 Å². The smallest absolute Gasteiger partial charge is 0.132 e. The molecule has 2 aromatic heterocycles. The van der Waals surface area contributed by atoms with Gasteiger partial charge in [-0.1, -0.05) is 12.1 Å². The molecule has 0 unspecified atom stereocenters. The summed E-state index contributed by atoms with van der Waals surface area (Å²) >= 11 is 0. The van der Waals surface area contributed by atoms with Crippen molar-refractivity contribution in [3.05, 3.63) is 53.8 Å². The number of anilines is 1. The second kappa shape index (κ2) is 4.31. The van der Waals surface area contributed by atoms with Crippen LogP contribution in [0.4, 0.5) is 10.2 Å². The summed E-state index contributed by atoms with van der Waals surface area (Å²) < 4.78 is 13.8. The fourth-order valence-corrected chi connectivity index (χ4v) is 2.11. The van der Waals surface area contributed by atoms with Crippen LogP contribution in [-0.4, -0.2) is 9.97 Å². The molecule has 0 spiro atoms. The number of rotatable bonds is 1. The first-order chi connectivity index (χ1) is 9.15. The summed E-state index contributed by atoms with van der Waals surface area (Å²) in [5, 5.41) is 0. The van der Waals surface area contributed by atoms with E-state index in [0.717, 1.165) is 16.6 Å². The minimum atomic E-state index is -0.282. The molecule has 0 aliphatic rings. The third kappa shape index (κ3) is 2.01. The van der Waals surface area contributed by atoms with Gasteiger partial charge in [0.2, 0.25) is 0 Å². The molecule has 2 heterocycles. The van der Waals surface area contributed by atoms with Gasteiger partial charge < -0.3 is 5.73 Å². The topological polar surface area (TPSA) is 51.8 Å². The molecule has 3 rings (SSSR count). The lowest BCUT2D eigenvalue weighted by atomic mass is 10.1. The van der Waals surface area contributed by atoms with Gasteiger partial charge in [-0.2, -0.15) is 0 Å². The van der Waals surface area contributed by atoms with E-state index in [1.54, 1.807) is 30.3 Å². The zero-order chi connectivity index (χ0) is 13.4. The Hall–Kier alpha value is -2.49. The molecule has 3 nitrogen and oxygen atoms in total. The van der Waals surface area contributed by atoms with Gasteiger partial charge in [-0.3, -0.25) is 0 Å². The van der Waals surface area contributed by atoms with Crippen molar-refractivity contribution >= 4 is 16.9 Å². The number of halogens is 1. The van der Waals surface area contributed by atoms with Gasteiger partial charge in [0.25, 0.3) is 0 Å². The van der Waals surface area contributed by atoms with Gasteiger partial charge in [0.1, 0.15) is 11.6 Å². The van der Waals surface area contributed by atoms with Crippen LogP contribution in [0.3, 0.4) is 0 Å². The summed E-state index contributed by atoms with van der Waals surface area (Å²) in [5.41, 5.74) is 9.18. The normalized spacial score (nSPS) is 10.8. The van der Waals surface area contributed by atoms with Crippen molar-refractivity contribution in [1.29, 1.82) is 0 Å². The molecule has 0 atom stereocenters. The predicted molar refractivity (Wildman–Crippen MR) is 74.1 cm³/mol. The van der Waals surface area contributed by atoms with Crippen LogP contribution >= 0.6 is 0 Å². The Morgan fingerprint density at radius 1 is 1.05 bits per heavy atom. The first-order valence-corrected chi connectivity index (χ1v) is 5.94. The number of pyridine rings is 2. The van der Waals surface area contributed by atoms with Gasteiger partial charge in [0, 0.05) is 5.56 Å². The Morgan fingerprint density at radius 2 is 1.84 bits per heavy atom. The standard InChI is InChI=1S/C15H12FN3/c1-9-8-14(17)18-13-7-6-12(19-15(9)13)10-4-2-3-5-11(10)16/h2-8H,1H3,(H2,17,18). The van der Waals surface area contributed by atoms with Gasteiger partial charge in [-0.25, -0.2) is 14.4 Å². The number of hydrogen-bond donors (Lipinski definition) is 1. The molecule has 4 heteroatoms. The maximum absolute atomic E-state index is 13.8. The summed E-state index contributed by atoms with van der Waals surface area (Å²) in [6.45, 7) is 1.92. The predicted octanol–water partition coefficient (Wildman–Crippen LogP) is 3.33. The minimum Gasteiger partial charge on any atom is -0.384 e. The summed E-state index contributed by atoms with van der Waals surface area (Å²) in [7, 11) is 0. The van der Waals surface area contributed by atoms with E-state index in [1.807, 2.05) is 13.0 Å². The number of nitrogens with two attached hydrogens (primary N) is 1. The highest BCUT2D eigenvalue weighted by Gasteiger charge is 2.08. The van der Waals surface area contributed by atoms with Crippen molar-refractivity contribution in [3.63, 3.8) is 0 Å². The summed E-state index contributed by atoms with van der Waals surface area (Å²) in [5.74, 6) is 0.181. The molecule has 19 heavy (non-hydrogen) atoms. The molecule has 2 N–H and O–H groups in total. The molecule has 0 amide bonds. The average molecular weight is 253 g/mol. The molecular formula is C15H12FN3. The Labute approximate surface area is 109 Å². The van der Waals surface area contributed by atoms with E-state index in [-0.39, 0.29) is 5.82 Å². The van der Waals surface area contributed by atoms with E-state index < -0.39 is 0 Å². The van der Waals surface area contributed by atoms with E-state index in [2.05, 4.69) is 9.97 Å². The quantitative estimate of drug-likeness (QED) is 0.723. The molecular weight excluding hydrogens is 241 g/mol. The maximum Gasteiger partial charge on any atom is 0.132 e. The second-order valence-corrected chi connectivity index (χ2v) is 4.41. The molecule has 1 aromatic carbocycles. The molecule has 0 radical (unpaired) electrons. The van der Waals surface area contributed by atoms with E-state index >= 15 is 0 Å². The zero-order valence-corrected chi connectivity index (χ0v) is 10.4. The van der Waals surface area contributed by atoms with Gasteiger partial charge in [0.05, 0.1) is 16.7 Å².